The van der Waals surface area contributed by atoms with E-state index in [-0.39, 0.29) is 24.2 Å². The first kappa shape index (κ1) is 23.1. The summed E-state index contributed by atoms with van der Waals surface area (Å²) in [6.07, 6.45) is 0. The Balaban J connectivity index is 1.55. The molecule has 0 unspecified atom stereocenters. The molecule has 2 atom stereocenters. The first-order valence-electron chi connectivity index (χ1n) is 11.0. The van der Waals surface area contributed by atoms with Gasteiger partial charge in [0.25, 0.3) is 0 Å². The average molecular weight is 463 g/mol. The molecule has 170 valence electrons. The van der Waals surface area contributed by atoms with Crippen LogP contribution in [0.5, 0.6) is 0 Å². The van der Waals surface area contributed by atoms with Gasteiger partial charge in [0.2, 0.25) is 11.8 Å². The number of carbonyl (C=O) groups excluding carboxylic acids is 2. The Morgan fingerprint density at radius 2 is 1.82 bits per heavy atom. The smallest absolute Gasteiger partial charge is 0.241 e. The van der Waals surface area contributed by atoms with Crippen molar-refractivity contribution in [3.63, 3.8) is 0 Å². The second-order valence-corrected chi connectivity index (χ2v) is 9.68. The Morgan fingerprint density at radius 1 is 1.09 bits per heavy atom. The molecule has 0 radical (unpaired) electrons. The van der Waals surface area contributed by atoms with Gasteiger partial charge in [0.1, 0.15) is 11.1 Å². The maximum Gasteiger partial charge on any atom is 0.241 e. The Labute approximate surface area is 198 Å². The average Bonchev–Trinajstić information content (AvgIpc) is 2.81. The van der Waals surface area contributed by atoms with Gasteiger partial charge in [-0.1, -0.05) is 55.0 Å². The summed E-state index contributed by atoms with van der Waals surface area (Å²) in [5, 5.41) is 2.37. The SMILES string of the molecule is Cc1ccc(C)c(CN2C(=O)[C@H]([C@H](C)C(=O)NCc3ccc(F)cc3)Sc3ccccc32)c1. The molecule has 0 spiro atoms. The van der Waals surface area contributed by atoms with Crippen LogP contribution in [-0.2, 0) is 22.7 Å². The van der Waals surface area contributed by atoms with E-state index in [1.54, 1.807) is 19.1 Å². The van der Waals surface area contributed by atoms with Gasteiger partial charge >= 0.3 is 0 Å². The van der Waals surface area contributed by atoms with Gasteiger partial charge in [-0.05, 0) is 54.8 Å². The molecule has 0 fully saturated rings. The molecule has 1 N–H and O–H groups in total. The predicted octanol–water partition coefficient (Wildman–Crippen LogP) is 5.40. The number of hydrogen-bond donors (Lipinski definition) is 1. The second kappa shape index (κ2) is 9.79. The molecule has 0 aliphatic carbocycles. The van der Waals surface area contributed by atoms with E-state index in [1.165, 1.54) is 23.9 Å². The van der Waals surface area contributed by atoms with Crippen LogP contribution in [0.4, 0.5) is 10.1 Å². The highest BCUT2D eigenvalue weighted by Gasteiger charge is 2.39. The van der Waals surface area contributed by atoms with Crippen LogP contribution in [0.1, 0.15) is 29.2 Å². The molecule has 4 nitrogen and oxygen atoms in total. The number of rotatable bonds is 6. The van der Waals surface area contributed by atoms with Crippen LogP contribution in [0.15, 0.2) is 71.6 Å². The number of halogens is 1. The molecule has 0 saturated carbocycles. The van der Waals surface area contributed by atoms with E-state index in [4.69, 9.17) is 0 Å². The van der Waals surface area contributed by atoms with E-state index in [0.717, 1.165) is 32.8 Å². The normalized spacial score (nSPS) is 16.3. The molecule has 0 bridgehead atoms. The first-order valence-corrected chi connectivity index (χ1v) is 11.9. The van der Waals surface area contributed by atoms with Gasteiger partial charge in [-0.15, -0.1) is 11.8 Å². The van der Waals surface area contributed by atoms with Gasteiger partial charge in [0.15, 0.2) is 0 Å². The van der Waals surface area contributed by atoms with Crippen molar-refractivity contribution >= 4 is 29.3 Å². The summed E-state index contributed by atoms with van der Waals surface area (Å²) < 4.78 is 13.1. The zero-order chi connectivity index (χ0) is 23.5. The highest BCUT2D eigenvalue weighted by atomic mass is 32.2. The van der Waals surface area contributed by atoms with Crippen LogP contribution < -0.4 is 10.2 Å². The summed E-state index contributed by atoms with van der Waals surface area (Å²) in [5.41, 5.74) is 5.06. The van der Waals surface area contributed by atoms with Crippen molar-refractivity contribution in [3.8, 4) is 0 Å². The van der Waals surface area contributed by atoms with E-state index in [0.29, 0.717) is 6.54 Å². The van der Waals surface area contributed by atoms with Crippen LogP contribution in [0.3, 0.4) is 0 Å². The molecule has 6 heteroatoms. The van der Waals surface area contributed by atoms with Gasteiger partial charge < -0.3 is 10.2 Å². The van der Waals surface area contributed by atoms with E-state index >= 15 is 0 Å². The lowest BCUT2D eigenvalue weighted by Crippen LogP contribution is -2.47. The van der Waals surface area contributed by atoms with E-state index in [1.807, 2.05) is 43.0 Å². The number of amides is 2. The van der Waals surface area contributed by atoms with Crippen LogP contribution in [0.25, 0.3) is 0 Å². The molecule has 2 amide bonds. The van der Waals surface area contributed by atoms with Gasteiger partial charge in [-0.3, -0.25) is 9.59 Å². The summed E-state index contributed by atoms with van der Waals surface area (Å²) in [6, 6.07) is 20.1. The monoisotopic (exact) mass is 462 g/mol. The fraction of sp³-hybridized carbons (Fsp3) is 0.259. The fourth-order valence-corrected chi connectivity index (χ4v) is 5.23. The Bertz CT molecular complexity index is 1180. The third-order valence-electron chi connectivity index (χ3n) is 6.00. The van der Waals surface area contributed by atoms with E-state index < -0.39 is 11.2 Å². The van der Waals surface area contributed by atoms with Crippen molar-refractivity contribution in [2.45, 2.75) is 44.0 Å². The lowest BCUT2D eigenvalue weighted by molar-refractivity contribution is -0.128. The molecule has 3 aromatic carbocycles. The molecule has 3 aromatic rings. The molecular formula is C27H27FN2O2S. The van der Waals surface area contributed by atoms with Crippen molar-refractivity contribution in [3.05, 3.63) is 94.8 Å². The van der Waals surface area contributed by atoms with E-state index in [2.05, 4.69) is 23.5 Å². The zero-order valence-electron chi connectivity index (χ0n) is 19.0. The minimum absolute atomic E-state index is 0.0657. The largest absolute Gasteiger partial charge is 0.352 e. The molecule has 0 aromatic heterocycles. The van der Waals surface area contributed by atoms with Crippen LogP contribution in [0, 0.1) is 25.6 Å². The van der Waals surface area contributed by atoms with Gasteiger partial charge in [0, 0.05) is 11.4 Å². The molecule has 1 aliphatic heterocycles. The lowest BCUT2D eigenvalue weighted by Gasteiger charge is -2.36. The maximum absolute atomic E-state index is 13.6. The third kappa shape index (κ3) is 5.11. The molecule has 1 heterocycles. The summed E-state index contributed by atoms with van der Waals surface area (Å²) >= 11 is 1.45. The summed E-state index contributed by atoms with van der Waals surface area (Å²) in [7, 11) is 0. The summed E-state index contributed by atoms with van der Waals surface area (Å²) in [6.45, 7) is 6.63. The van der Waals surface area contributed by atoms with Gasteiger partial charge in [0.05, 0.1) is 18.2 Å². The number of carbonyl (C=O) groups is 2. The summed E-state index contributed by atoms with van der Waals surface area (Å²) in [5.74, 6) is -1.11. The molecule has 4 rings (SSSR count). The van der Waals surface area contributed by atoms with Crippen molar-refractivity contribution in [1.82, 2.24) is 5.32 Å². The lowest BCUT2D eigenvalue weighted by atomic mass is 10.0. The molecule has 33 heavy (non-hydrogen) atoms. The number of hydrogen-bond acceptors (Lipinski definition) is 3. The van der Waals surface area contributed by atoms with Gasteiger partial charge in [-0.25, -0.2) is 4.39 Å². The number of thioether (sulfide) groups is 1. The number of benzene rings is 3. The van der Waals surface area contributed by atoms with Crippen molar-refractivity contribution < 1.29 is 14.0 Å². The minimum atomic E-state index is -0.530. The highest BCUT2D eigenvalue weighted by Crippen LogP contribution is 2.42. The fourth-order valence-electron chi connectivity index (χ4n) is 3.95. The van der Waals surface area contributed by atoms with Crippen molar-refractivity contribution in [2.24, 2.45) is 5.92 Å². The van der Waals surface area contributed by atoms with Gasteiger partial charge in [-0.2, -0.15) is 0 Å². The topological polar surface area (TPSA) is 49.4 Å². The molecule has 0 saturated heterocycles. The van der Waals surface area contributed by atoms with Crippen LogP contribution in [-0.4, -0.2) is 17.1 Å². The Morgan fingerprint density at radius 3 is 2.58 bits per heavy atom. The van der Waals surface area contributed by atoms with Crippen molar-refractivity contribution in [2.75, 3.05) is 4.90 Å². The predicted molar refractivity (Wildman–Crippen MR) is 131 cm³/mol. The number of nitrogens with zero attached hydrogens (tertiary/aromatic N) is 1. The standard InChI is InChI=1S/C27H27FN2O2S/c1-17-8-9-18(2)21(14-17)16-30-23-6-4-5-7-24(23)33-25(27(30)32)19(3)26(31)29-15-20-10-12-22(28)13-11-20/h4-14,19,25H,15-16H2,1-3H3,(H,29,31)/t19-,25-/m0/s1. The minimum Gasteiger partial charge on any atom is -0.352 e. The zero-order valence-corrected chi connectivity index (χ0v) is 19.8. The van der Waals surface area contributed by atoms with Crippen LogP contribution in [0.2, 0.25) is 0 Å². The van der Waals surface area contributed by atoms with Crippen molar-refractivity contribution in [1.29, 1.82) is 0 Å². The van der Waals surface area contributed by atoms with E-state index in [9.17, 15) is 14.0 Å². The quantitative estimate of drug-likeness (QED) is 0.533. The molecule has 1 aliphatic rings. The number of anilines is 1. The second-order valence-electron chi connectivity index (χ2n) is 8.49. The third-order valence-corrected chi connectivity index (χ3v) is 7.46. The number of nitrogens with one attached hydrogen (secondary N) is 1. The number of para-hydroxylation sites is 1. The number of aryl methyl sites for hydroxylation is 2. The number of fused-ring (bicyclic) bond motifs is 1. The highest BCUT2D eigenvalue weighted by molar-refractivity contribution is 8.01. The Hall–Kier alpha value is -3.12. The molecular weight excluding hydrogens is 435 g/mol. The first-order chi connectivity index (χ1) is 15.8. The summed E-state index contributed by atoms with van der Waals surface area (Å²) in [4.78, 5) is 29.4. The Kier molecular flexibility index (Phi) is 6.84. The van der Waals surface area contributed by atoms with Crippen LogP contribution >= 0.6 is 11.8 Å². The maximum atomic E-state index is 13.6.